The molecule has 27 heavy (non-hydrogen) atoms. The van der Waals surface area contributed by atoms with Gasteiger partial charge in [0.25, 0.3) is 0 Å². The van der Waals surface area contributed by atoms with Gasteiger partial charge in [0.1, 0.15) is 5.60 Å². The molecule has 1 saturated heterocycles. The Balaban J connectivity index is 1.91. The summed E-state index contributed by atoms with van der Waals surface area (Å²) in [4.78, 5) is 0. The predicted octanol–water partition coefficient (Wildman–Crippen LogP) is 4.85. The smallest absolute Gasteiger partial charge is 0.123 e. The van der Waals surface area contributed by atoms with Crippen LogP contribution in [-0.2, 0) is 5.60 Å². The second-order valence-electron chi connectivity index (χ2n) is 7.44. The van der Waals surface area contributed by atoms with Gasteiger partial charge in [0.2, 0.25) is 0 Å². The van der Waals surface area contributed by atoms with E-state index >= 15 is 0 Å². The minimum atomic E-state index is -1.10. The first kappa shape index (κ1) is 18.0. The van der Waals surface area contributed by atoms with Crippen molar-refractivity contribution in [3.8, 4) is 0 Å². The number of nitrogens with one attached hydrogen (secondary N) is 1. The number of hydrogen-bond donors (Lipinski definition) is 2. The molecule has 2 N–H and O–H groups in total. The zero-order valence-corrected chi connectivity index (χ0v) is 15.6. The highest BCUT2D eigenvalue weighted by Gasteiger charge is 2.45. The van der Waals surface area contributed by atoms with E-state index in [0.717, 1.165) is 24.1 Å². The largest absolute Gasteiger partial charge is 0.380 e. The van der Waals surface area contributed by atoms with E-state index in [9.17, 15) is 5.11 Å². The quantitative estimate of drug-likeness (QED) is 0.684. The van der Waals surface area contributed by atoms with Gasteiger partial charge < -0.3 is 10.4 Å². The third-order valence-corrected chi connectivity index (χ3v) is 5.79. The third kappa shape index (κ3) is 3.55. The fraction of sp³-hybridized carbons (Fsp3) is 0.280. The highest BCUT2D eigenvalue weighted by molar-refractivity contribution is 5.43. The molecule has 1 heterocycles. The van der Waals surface area contributed by atoms with Gasteiger partial charge in [-0.2, -0.15) is 0 Å². The van der Waals surface area contributed by atoms with Crippen LogP contribution in [0.5, 0.6) is 0 Å². The molecule has 0 amide bonds. The molecule has 2 heteroatoms. The number of benzene rings is 3. The number of piperidine rings is 1. The van der Waals surface area contributed by atoms with Crippen molar-refractivity contribution in [2.45, 2.75) is 36.8 Å². The van der Waals surface area contributed by atoms with Crippen molar-refractivity contribution in [3.63, 3.8) is 0 Å². The Hall–Kier alpha value is -2.42. The fourth-order valence-electron chi connectivity index (χ4n) is 4.50. The Morgan fingerprint density at radius 2 is 1.26 bits per heavy atom. The number of rotatable bonds is 5. The van der Waals surface area contributed by atoms with Crippen molar-refractivity contribution in [2.24, 2.45) is 0 Å². The Morgan fingerprint density at radius 3 is 1.74 bits per heavy atom. The molecule has 0 unspecified atom stereocenters. The molecule has 0 aliphatic carbocycles. The van der Waals surface area contributed by atoms with Crippen molar-refractivity contribution in [2.75, 3.05) is 6.54 Å². The van der Waals surface area contributed by atoms with E-state index in [1.165, 1.54) is 18.4 Å². The molecule has 0 radical (unpaired) electrons. The molecule has 0 spiro atoms. The fourth-order valence-corrected chi connectivity index (χ4v) is 4.50. The lowest BCUT2D eigenvalue weighted by molar-refractivity contribution is 0.0302. The standard InChI is InChI=1S/C25H27NO/c27-25(21-14-6-2-7-15-21,22-16-8-3-9-17-22)24(20-12-4-1-5-13-20)23-18-10-11-19-26-23/h1-9,12-17,23-24,26-27H,10-11,18-19H2/t23-,24+/m1/s1. The Kier molecular flexibility index (Phi) is 5.38. The van der Waals surface area contributed by atoms with Crippen LogP contribution < -0.4 is 5.32 Å². The molecule has 3 aromatic rings. The average Bonchev–Trinajstić information content (AvgIpc) is 2.76. The van der Waals surface area contributed by atoms with Crippen LogP contribution in [0.4, 0.5) is 0 Å². The van der Waals surface area contributed by atoms with Crippen molar-refractivity contribution in [1.82, 2.24) is 5.32 Å². The van der Waals surface area contributed by atoms with Gasteiger partial charge in [0.15, 0.2) is 0 Å². The molecule has 1 aliphatic rings. The van der Waals surface area contributed by atoms with Crippen molar-refractivity contribution in [1.29, 1.82) is 0 Å². The van der Waals surface area contributed by atoms with Gasteiger partial charge in [-0.1, -0.05) is 97.4 Å². The molecule has 2 nitrogen and oxygen atoms in total. The summed E-state index contributed by atoms with van der Waals surface area (Å²) < 4.78 is 0. The maximum absolute atomic E-state index is 12.4. The van der Waals surface area contributed by atoms with Gasteiger partial charge in [0, 0.05) is 12.0 Å². The van der Waals surface area contributed by atoms with Crippen LogP contribution >= 0.6 is 0 Å². The van der Waals surface area contributed by atoms with Crippen LogP contribution in [0.3, 0.4) is 0 Å². The molecule has 1 aliphatic heterocycles. The van der Waals surface area contributed by atoms with Crippen molar-refractivity contribution < 1.29 is 5.11 Å². The zero-order valence-electron chi connectivity index (χ0n) is 15.6. The minimum absolute atomic E-state index is 0.0659. The molecule has 0 aromatic heterocycles. The topological polar surface area (TPSA) is 32.3 Å². The molecule has 138 valence electrons. The molecule has 2 atom stereocenters. The Labute approximate surface area is 161 Å². The lowest BCUT2D eigenvalue weighted by atomic mass is 9.68. The van der Waals surface area contributed by atoms with Gasteiger partial charge >= 0.3 is 0 Å². The molecule has 1 fully saturated rings. The van der Waals surface area contributed by atoms with Crippen LogP contribution in [0.15, 0.2) is 91.0 Å². The van der Waals surface area contributed by atoms with Gasteiger partial charge in [0.05, 0.1) is 0 Å². The summed E-state index contributed by atoms with van der Waals surface area (Å²) in [7, 11) is 0. The maximum atomic E-state index is 12.4. The summed E-state index contributed by atoms with van der Waals surface area (Å²) in [5, 5.41) is 16.1. The lowest BCUT2D eigenvalue weighted by Crippen LogP contribution is -2.48. The van der Waals surface area contributed by atoms with Gasteiger partial charge in [-0.25, -0.2) is 0 Å². The van der Waals surface area contributed by atoms with E-state index in [1.54, 1.807) is 0 Å². The summed E-state index contributed by atoms with van der Waals surface area (Å²) in [5.41, 5.74) is 1.96. The zero-order chi connectivity index (χ0) is 18.5. The SMILES string of the molecule is OC(c1ccccc1)(c1ccccc1)[C@@H](c1ccccc1)[C@H]1CCCCN1. The number of hydrogen-bond acceptors (Lipinski definition) is 2. The minimum Gasteiger partial charge on any atom is -0.380 e. The highest BCUT2D eigenvalue weighted by atomic mass is 16.3. The van der Waals surface area contributed by atoms with Crippen molar-refractivity contribution in [3.05, 3.63) is 108 Å². The Morgan fingerprint density at radius 1 is 0.741 bits per heavy atom. The predicted molar refractivity (Wildman–Crippen MR) is 111 cm³/mol. The van der Waals surface area contributed by atoms with E-state index in [2.05, 4.69) is 29.6 Å². The Bertz CT molecular complexity index is 786. The van der Waals surface area contributed by atoms with Crippen LogP contribution in [0.1, 0.15) is 41.9 Å². The third-order valence-electron chi connectivity index (χ3n) is 5.79. The van der Waals surface area contributed by atoms with Crippen molar-refractivity contribution >= 4 is 0 Å². The van der Waals surface area contributed by atoms with E-state index in [0.29, 0.717) is 0 Å². The first-order valence-corrected chi connectivity index (χ1v) is 9.92. The summed E-state index contributed by atoms with van der Waals surface area (Å²) in [6.45, 7) is 1.01. The van der Waals surface area contributed by atoms with Crippen LogP contribution in [-0.4, -0.2) is 17.7 Å². The van der Waals surface area contributed by atoms with E-state index in [1.807, 2.05) is 66.7 Å². The van der Waals surface area contributed by atoms with E-state index in [-0.39, 0.29) is 12.0 Å². The lowest BCUT2D eigenvalue weighted by Gasteiger charge is -2.43. The second-order valence-corrected chi connectivity index (χ2v) is 7.44. The van der Waals surface area contributed by atoms with Crippen LogP contribution in [0, 0.1) is 0 Å². The second kappa shape index (κ2) is 8.08. The molecule has 0 saturated carbocycles. The molecular formula is C25H27NO. The summed E-state index contributed by atoms with van der Waals surface area (Å²) in [6, 6.07) is 31.0. The summed E-state index contributed by atoms with van der Waals surface area (Å²) >= 11 is 0. The monoisotopic (exact) mass is 357 g/mol. The summed E-state index contributed by atoms with van der Waals surface area (Å²) in [5.74, 6) is -0.0659. The molecule has 4 rings (SSSR count). The van der Waals surface area contributed by atoms with Gasteiger partial charge in [-0.05, 0) is 36.1 Å². The molecular weight excluding hydrogens is 330 g/mol. The van der Waals surface area contributed by atoms with Crippen LogP contribution in [0.25, 0.3) is 0 Å². The average molecular weight is 357 g/mol. The summed E-state index contributed by atoms with van der Waals surface area (Å²) in [6.07, 6.45) is 3.47. The van der Waals surface area contributed by atoms with Gasteiger partial charge in [-0.15, -0.1) is 0 Å². The normalized spacial score (nSPS) is 18.8. The van der Waals surface area contributed by atoms with Gasteiger partial charge in [-0.3, -0.25) is 0 Å². The molecule has 0 bridgehead atoms. The maximum Gasteiger partial charge on any atom is 0.123 e. The first-order valence-electron chi connectivity index (χ1n) is 9.92. The van der Waals surface area contributed by atoms with E-state index in [4.69, 9.17) is 0 Å². The van der Waals surface area contributed by atoms with Crippen LogP contribution in [0.2, 0.25) is 0 Å². The van der Waals surface area contributed by atoms with E-state index < -0.39 is 5.60 Å². The number of aliphatic hydroxyl groups is 1. The first-order chi connectivity index (χ1) is 13.3. The highest BCUT2D eigenvalue weighted by Crippen LogP contribution is 2.45. The molecule has 3 aromatic carbocycles.